The van der Waals surface area contributed by atoms with Crippen LogP contribution in [0.4, 0.5) is 18.3 Å². The molecule has 0 atom stereocenters. The number of halogens is 3. The van der Waals surface area contributed by atoms with Gasteiger partial charge in [-0.15, -0.1) is 10.2 Å². The minimum absolute atomic E-state index is 0.0117. The summed E-state index contributed by atoms with van der Waals surface area (Å²) in [6.07, 6.45) is -1.43. The Morgan fingerprint density at radius 2 is 1.95 bits per heavy atom. The van der Waals surface area contributed by atoms with Crippen LogP contribution in [-0.4, -0.2) is 40.6 Å². The smallest absolute Gasteiger partial charge is 0.351 e. The van der Waals surface area contributed by atoms with Crippen molar-refractivity contribution in [2.75, 3.05) is 25.0 Å². The van der Waals surface area contributed by atoms with E-state index in [4.69, 9.17) is 0 Å². The third-order valence-corrected chi connectivity index (χ3v) is 3.69. The summed E-state index contributed by atoms with van der Waals surface area (Å²) in [5.74, 6) is -0.122. The maximum atomic E-state index is 12.3. The Kier molecular flexibility index (Phi) is 4.23. The van der Waals surface area contributed by atoms with Crippen LogP contribution in [0.2, 0.25) is 0 Å². The molecule has 2 rings (SSSR count). The highest BCUT2D eigenvalue weighted by atomic mass is 32.1. The van der Waals surface area contributed by atoms with Crippen LogP contribution < -0.4 is 5.32 Å². The van der Waals surface area contributed by atoms with Gasteiger partial charge in [-0.25, -0.2) is 0 Å². The number of carbonyl (C=O) groups is 1. The molecular formula is C10H13F3N4OS. The molecule has 106 valence electrons. The summed E-state index contributed by atoms with van der Waals surface area (Å²) in [6.45, 7) is 1.38. The van der Waals surface area contributed by atoms with Gasteiger partial charge in [-0.1, -0.05) is 11.3 Å². The first-order valence-electron chi connectivity index (χ1n) is 5.89. The number of aromatic nitrogens is 2. The topological polar surface area (TPSA) is 58.1 Å². The zero-order valence-electron chi connectivity index (χ0n) is 10.0. The Morgan fingerprint density at radius 3 is 2.53 bits per heavy atom. The van der Waals surface area contributed by atoms with E-state index in [0.29, 0.717) is 24.4 Å². The van der Waals surface area contributed by atoms with Crippen LogP contribution >= 0.6 is 11.3 Å². The van der Waals surface area contributed by atoms with E-state index >= 15 is 0 Å². The molecule has 1 fully saturated rings. The molecule has 0 spiro atoms. The molecule has 19 heavy (non-hydrogen) atoms. The predicted molar refractivity (Wildman–Crippen MR) is 63.8 cm³/mol. The van der Waals surface area contributed by atoms with Gasteiger partial charge in [0.25, 0.3) is 0 Å². The normalized spacial score (nSPS) is 16.5. The Bertz CT molecular complexity index is 442. The third kappa shape index (κ3) is 3.79. The molecule has 0 unspecified atom stereocenters. The van der Waals surface area contributed by atoms with Crippen LogP contribution in [0.3, 0.4) is 0 Å². The van der Waals surface area contributed by atoms with E-state index in [0.717, 1.165) is 19.3 Å². The highest BCUT2D eigenvalue weighted by Crippen LogP contribution is 2.32. The molecular weight excluding hydrogens is 281 g/mol. The number of nitrogens with zero attached hydrogens (tertiary/aromatic N) is 3. The lowest BCUT2D eigenvalue weighted by Gasteiger charge is -2.26. The monoisotopic (exact) mass is 294 g/mol. The molecule has 1 aliphatic rings. The van der Waals surface area contributed by atoms with Gasteiger partial charge in [0.1, 0.15) is 0 Å². The number of anilines is 1. The number of rotatable bonds is 3. The highest BCUT2D eigenvalue weighted by Gasteiger charge is 2.35. The van der Waals surface area contributed by atoms with Crippen LogP contribution in [0, 0.1) is 0 Å². The van der Waals surface area contributed by atoms with Gasteiger partial charge < -0.3 is 10.2 Å². The van der Waals surface area contributed by atoms with Crippen molar-refractivity contribution in [2.24, 2.45) is 0 Å². The van der Waals surface area contributed by atoms with Crippen LogP contribution in [-0.2, 0) is 11.0 Å². The number of hydrogen-bond donors (Lipinski definition) is 1. The maximum Gasteiger partial charge on any atom is 0.445 e. The van der Waals surface area contributed by atoms with E-state index in [9.17, 15) is 18.0 Å². The molecule has 0 saturated carbocycles. The van der Waals surface area contributed by atoms with E-state index in [1.54, 1.807) is 4.90 Å². The summed E-state index contributed by atoms with van der Waals surface area (Å²) in [6, 6.07) is 0. The second kappa shape index (κ2) is 5.72. The quantitative estimate of drug-likeness (QED) is 0.926. The first-order valence-corrected chi connectivity index (χ1v) is 6.71. The van der Waals surface area contributed by atoms with Crippen molar-refractivity contribution in [1.29, 1.82) is 0 Å². The van der Waals surface area contributed by atoms with Gasteiger partial charge in [0.15, 0.2) is 0 Å². The van der Waals surface area contributed by atoms with Crippen molar-refractivity contribution in [3.8, 4) is 0 Å². The lowest BCUT2D eigenvalue weighted by molar-refractivity contribution is -0.138. The zero-order valence-corrected chi connectivity index (χ0v) is 10.9. The summed E-state index contributed by atoms with van der Waals surface area (Å²) in [7, 11) is 0. The molecule has 1 aromatic rings. The number of piperidine rings is 1. The fourth-order valence-electron chi connectivity index (χ4n) is 1.82. The van der Waals surface area contributed by atoms with E-state index in [1.165, 1.54) is 0 Å². The lowest BCUT2D eigenvalue weighted by atomic mass is 10.1. The van der Waals surface area contributed by atoms with Crippen molar-refractivity contribution < 1.29 is 18.0 Å². The number of likely N-dealkylation sites (tertiary alicyclic amines) is 1. The minimum atomic E-state index is -4.49. The minimum Gasteiger partial charge on any atom is -0.351 e. The molecule has 0 bridgehead atoms. The summed E-state index contributed by atoms with van der Waals surface area (Å²) in [5, 5.41) is 7.99. The largest absolute Gasteiger partial charge is 0.445 e. The lowest BCUT2D eigenvalue weighted by Crippen LogP contribution is -2.39. The Labute approximate surface area is 111 Å². The van der Waals surface area contributed by atoms with Gasteiger partial charge in [0.05, 0.1) is 6.54 Å². The molecule has 1 N–H and O–H groups in total. The highest BCUT2D eigenvalue weighted by molar-refractivity contribution is 7.15. The van der Waals surface area contributed by atoms with Crippen LogP contribution in [0.25, 0.3) is 0 Å². The average Bonchev–Trinajstić information content (AvgIpc) is 2.86. The van der Waals surface area contributed by atoms with Crippen molar-refractivity contribution in [3.63, 3.8) is 0 Å². The fourth-order valence-corrected chi connectivity index (χ4v) is 2.42. The fraction of sp³-hybridized carbons (Fsp3) is 0.700. The standard InChI is InChI=1S/C10H13F3N4OS/c11-10(12,13)8-15-16-9(19-8)14-6-7(18)17-4-2-1-3-5-17/h1-6H2,(H,14,16). The first-order chi connectivity index (χ1) is 8.97. The zero-order chi connectivity index (χ0) is 13.9. The van der Waals surface area contributed by atoms with Gasteiger partial charge in [0, 0.05) is 13.1 Å². The SMILES string of the molecule is O=C(CNc1nnc(C(F)(F)F)s1)N1CCCCC1. The van der Waals surface area contributed by atoms with Crippen molar-refractivity contribution in [3.05, 3.63) is 5.01 Å². The maximum absolute atomic E-state index is 12.3. The number of hydrogen-bond acceptors (Lipinski definition) is 5. The molecule has 1 aromatic heterocycles. The first kappa shape index (κ1) is 14.0. The van der Waals surface area contributed by atoms with Gasteiger partial charge in [-0.2, -0.15) is 13.2 Å². The van der Waals surface area contributed by atoms with E-state index in [-0.39, 0.29) is 17.6 Å². The Hall–Kier alpha value is -1.38. The molecule has 1 aliphatic heterocycles. The van der Waals surface area contributed by atoms with E-state index in [1.807, 2.05) is 0 Å². The van der Waals surface area contributed by atoms with E-state index < -0.39 is 11.2 Å². The molecule has 0 aromatic carbocycles. The summed E-state index contributed by atoms with van der Waals surface area (Å²) < 4.78 is 36.9. The van der Waals surface area contributed by atoms with E-state index in [2.05, 4.69) is 15.5 Å². The van der Waals surface area contributed by atoms with Gasteiger partial charge in [-0.3, -0.25) is 4.79 Å². The molecule has 5 nitrogen and oxygen atoms in total. The number of alkyl halides is 3. The second-order valence-corrected chi connectivity index (χ2v) is 5.18. The predicted octanol–water partition coefficient (Wildman–Crippen LogP) is 1.98. The Morgan fingerprint density at radius 1 is 1.26 bits per heavy atom. The Balaban J connectivity index is 1.85. The molecule has 0 aliphatic carbocycles. The molecule has 9 heteroatoms. The third-order valence-electron chi connectivity index (χ3n) is 2.77. The molecule has 0 radical (unpaired) electrons. The number of nitrogens with one attached hydrogen (secondary N) is 1. The van der Waals surface area contributed by atoms with Gasteiger partial charge in [0.2, 0.25) is 16.0 Å². The van der Waals surface area contributed by atoms with Crippen LogP contribution in [0.1, 0.15) is 24.3 Å². The summed E-state index contributed by atoms with van der Waals surface area (Å²) in [5.41, 5.74) is 0. The van der Waals surface area contributed by atoms with Gasteiger partial charge in [-0.05, 0) is 19.3 Å². The number of carbonyl (C=O) groups excluding carboxylic acids is 1. The van der Waals surface area contributed by atoms with Crippen molar-refractivity contribution >= 4 is 22.4 Å². The molecule has 2 heterocycles. The van der Waals surface area contributed by atoms with Crippen LogP contribution in [0.15, 0.2) is 0 Å². The van der Waals surface area contributed by atoms with Crippen molar-refractivity contribution in [1.82, 2.24) is 15.1 Å². The molecule has 1 amide bonds. The van der Waals surface area contributed by atoms with Gasteiger partial charge >= 0.3 is 6.18 Å². The second-order valence-electron chi connectivity index (χ2n) is 4.21. The summed E-state index contributed by atoms with van der Waals surface area (Å²) >= 11 is 0.399. The molecule has 1 saturated heterocycles. The number of amides is 1. The van der Waals surface area contributed by atoms with Crippen LogP contribution in [0.5, 0.6) is 0 Å². The van der Waals surface area contributed by atoms with Crippen molar-refractivity contribution in [2.45, 2.75) is 25.4 Å². The summed E-state index contributed by atoms with van der Waals surface area (Å²) in [4.78, 5) is 13.5. The average molecular weight is 294 g/mol.